The van der Waals surface area contributed by atoms with E-state index in [0.717, 1.165) is 11.3 Å². The Balaban J connectivity index is 1.55. The number of thiophene rings is 1. The number of thioether (sulfide) groups is 1. The second-order valence-corrected chi connectivity index (χ2v) is 9.95. The summed E-state index contributed by atoms with van der Waals surface area (Å²) in [5.74, 6) is 0.500. The van der Waals surface area contributed by atoms with E-state index in [1.165, 1.54) is 23.9 Å². The van der Waals surface area contributed by atoms with E-state index >= 15 is 0 Å². The predicted octanol–water partition coefficient (Wildman–Crippen LogP) is 4.35. The van der Waals surface area contributed by atoms with Crippen LogP contribution in [0.15, 0.2) is 70.3 Å². The van der Waals surface area contributed by atoms with Crippen molar-refractivity contribution >= 4 is 44.7 Å². The number of anilines is 1. The highest BCUT2D eigenvalue weighted by Crippen LogP contribution is 2.23. The van der Waals surface area contributed by atoms with Gasteiger partial charge >= 0.3 is 0 Å². The van der Waals surface area contributed by atoms with Crippen LogP contribution < -0.4 is 10.0 Å². The first kappa shape index (κ1) is 21.4. The van der Waals surface area contributed by atoms with Crippen LogP contribution in [0.25, 0.3) is 0 Å². The Bertz CT molecular complexity index is 1070. The Morgan fingerprint density at radius 1 is 1.03 bits per heavy atom. The van der Waals surface area contributed by atoms with Crippen LogP contribution in [0, 0.1) is 5.82 Å². The lowest BCUT2D eigenvalue weighted by atomic mass is 10.2. The predicted molar refractivity (Wildman–Crippen MR) is 116 cm³/mol. The largest absolute Gasteiger partial charge is 0.351 e. The smallest absolute Gasteiger partial charge is 0.271 e. The topological polar surface area (TPSA) is 75.3 Å². The van der Waals surface area contributed by atoms with Gasteiger partial charge in [-0.2, -0.15) is 11.8 Å². The van der Waals surface area contributed by atoms with Crippen LogP contribution in [0.2, 0.25) is 0 Å². The first-order chi connectivity index (χ1) is 14.0. The number of rotatable bonds is 9. The van der Waals surface area contributed by atoms with E-state index in [0.29, 0.717) is 23.6 Å². The number of sulfonamides is 1. The van der Waals surface area contributed by atoms with Crippen molar-refractivity contribution < 1.29 is 17.6 Å². The maximum atomic E-state index is 13.6. The molecule has 2 N–H and O–H groups in total. The molecule has 1 aromatic heterocycles. The Kier molecular flexibility index (Phi) is 7.29. The van der Waals surface area contributed by atoms with Crippen molar-refractivity contribution in [1.29, 1.82) is 0 Å². The highest BCUT2D eigenvalue weighted by atomic mass is 32.2. The van der Waals surface area contributed by atoms with Gasteiger partial charge in [0, 0.05) is 18.1 Å². The number of carbonyl (C=O) groups excluding carboxylic acids is 1. The monoisotopic (exact) mass is 450 g/mol. The molecule has 0 saturated heterocycles. The molecular weight excluding hydrogens is 431 g/mol. The fraction of sp³-hybridized carbons (Fsp3) is 0.150. The molecule has 29 heavy (non-hydrogen) atoms. The van der Waals surface area contributed by atoms with Crippen LogP contribution in [0.1, 0.15) is 15.9 Å². The number of hydrogen-bond acceptors (Lipinski definition) is 5. The van der Waals surface area contributed by atoms with Crippen LogP contribution in [0.3, 0.4) is 0 Å². The molecule has 0 aliphatic heterocycles. The van der Waals surface area contributed by atoms with Gasteiger partial charge in [0.2, 0.25) is 0 Å². The van der Waals surface area contributed by atoms with Gasteiger partial charge in [-0.3, -0.25) is 9.52 Å². The molecule has 0 atom stereocenters. The first-order valence-electron chi connectivity index (χ1n) is 8.72. The number of para-hydroxylation sites is 1. The minimum atomic E-state index is -3.74. The summed E-state index contributed by atoms with van der Waals surface area (Å²) < 4.78 is 41.1. The van der Waals surface area contributed by atoms with Gasteiger partial charge in [0.1, 0.15) is 10.0 Å². The molecule has 0 aliphatic carbocycles. The standard InChI is InChI=1S/C20H19FN2O3S3/c21-17-8-3-1-6-15(17)14-27-13-11-22-20(24)16-7-2-4-9-18(16)23-29(25,26)19-10-5-12-28-19/h1-10,12,23H,11,13-14H2,(H,22,24). The zero-order chi connectivity index (χ0) is 20.7. The Labute approximate surface area is 177 Å². The van der Waals surface area contributed by atoms with Gasteiger partial charge in [-0.25, -0.2) is 12.8 Å². The van der Waals surface area contributed by atoms with Crippen molar-refractivity contribution in [1.82, 2.24) is 5.32 Å². The minimum absolute atomic E-state index is 0.178. The highest BCUT2D eigenvalue weighted by molar-refractivity contribution is 7.98. The summed E-state index contributed by atoms with van der Waals surface area (Å²) in [4.78, 5) is 12.5. The van der Waals surface area contributed by atoms with Crippen LogP contribution in [0.5, 0.6) is 0 Å². The van der Waals surface area contributed by atoms with Crippen molar-refractivity contribution in [3.8, 4) is 0 Å². The zero-order valence-corrected chi connectivity index (χ0v) is 17.7. The molecule has 5 nitrogen and oxygen atoms in total. The number of carbonyl (C=O) groups is 1. The second kappa shape index (κ2) is 9.91. The van der Waals surface area contributed by atoms with Gasteiger partial charge in [0.15, 0.2) is 0 Å². The third-order valence-electron chi connectivity index (χ3n) is 3.92. The molecule has 0 spiro atoms. The Morgan fingerprint density at radius 2 is 1.79 bits per heavy atom. The average Bonchev–Trinajstić information content (AvgIpc) is 3.25. The molecule has 0 fully saturated rings. The fourth-order valence-corrected chi connectivity index (χ4v) is 5.43. The second-order valence-electron chi connectivity index (χ2n) is 5.98. The average molecular weight is 451 g/mol. The quantitative estimate of drug-likeness (QED) is 0.475. The minimum Gasteiger partial charge on any atom is -0.351 e. The number of benzene rings is 2. The number of hydrogen-bond donors (Lipinski definition) is 2. The normalized spacial score (nSPS) is 11.2. The zero-order valence-electron chi connectivity index (χ0n) is 15.3. The van der Waals surface area contributed by atoms with E-state index in [1.54, 1.807) is 53.9 Å². The maximum absolute atomic E-state index is 13.6. The molecule has 1 heterocycles. The van der Waals surface area contributed by atoms with E-state index in [2.05, 4.69) is 10.0 Å². The molecule has 0 saturated carbocycles. The molecule has 0 bridgehead atoms. The van der Waals surface area contributed by atoms with Crippen LogP contribution in [0.4, 0.5) is 10.1 Å². The van der Waals surface area contributed by atoms with Crippen LogP contribution >= 0.6 is 23.1 Å². The fourth-order valence-electron chi connectivity index (χ4n) is 2.51. The molecule has 0 aliphatic rings. The molecule has 3 rings (SSSR count). The molecule has 0 unspecified atom stereocenters. The van der Waals surface area contributed by atoms with Crippen molar-refractivity contribution in [3.05, 3.63) is 83.0 Å². The lowest BCUT2D eigenvalue weighted by Gasteiger charge is -2.12. The van der Waals surface area contributed by atoms with Crippen molar-refractivity contribution in [2.75, 3.05) is 17.0 Å². The van der Waals surface area contributed by atoms with Crippen LogP contribution in [-0.4, -0.2) is 26.6 Å². The van der Waals surface area contributed by atoms with Gasteiger partial charge in [-0.15, -0.1) is 11.3 Å². The lowest BCUT2D eigenvalue weighted by molar-refractivity contribution is 0.0957. The lowest BCUT2D eigenvalue weighted by Crippen LogP contribution is -2.27. The van der Waals surface area contributed by atoms with Crippen LogP contribution in [-0.2, 0) is 15.8 Å². The summed E-state index contributed by atoms with van der Waals surface area (Å²) in [7, 11) is -3.74. The van der Waals surface area contributed by atoms with Crippen molar-refractivity contribution in [3.63, 3.8) is 0 Å². The third kappa shape index (κ3) is 5.81. The van der Waals surface area contributed by atoms with E-state index in [9.17, 15) is 17.6 Å². The molecule has 3 aromatic rings. The van der Waals surface area contributed by atoms with E-state index in [1.807, 2.05) is 0 Å². The summed E-state index contributed by atoms with van der Waals surface area (Å²) in [6.07, 6.45) is 0. The molecule has 152 valence electrons. The maximum Gasteiger partial charge on any atom is 0.271 e. The Morgan fingerprint density at radius 3 is 2.55 bits per heavy atom. The van der Waals surface area contributed by atoms with Crippen molar-refractivity contribution in [2.45, 2.75) is 9.96 Å². The SMILES string of the molecule is O=C(NCCSCc1ccccc1F)c1ccccc1NS(=O)(=O)c1cccs1. The van der Waals surface area contributed by atoms with E-state index < -0.39 is 10.0 Å². The molecule has 2 aromatic carbocycles. The van der Waals surface area contributed by atoms with Crippen molar-refractivity contribution in [2.24, 2.45) is 0 Å². The van der Waals surface area contributed by atoms with Gasteiger partial charge < -0.3 is 5.32 Å². The molecule has 9 heteroatoms. The van der Waals surface area contributed by atoms with Gasteiger partial charge in [0.05, 0.1) is 11.3 Å². The molecule has 1 amide bonds. The van der Waals surface area contributed by atoms with Gasteiger partial charge in [-0.05, 0) is 35.2 Å². The summed E-state index contributed by atoms with van der Waals surface area (Å²) >= 11 is 2.61. The first-order valence-corrected chi connectivity index (χ1v) is 12.2. The van der Waals surface area contributed by atoms with E-state index in [4.69, 9.17) is 0 Å². The van der Waals surface area contributed by atoms with E-state index in [-0.39, 0.29) is 27.2 Å². The van der Waals surface area contributed by atoms with Gasteiger partial charge in [0.25, 0.3) is 15.9 Å². The number of amides is 1. The molecule has 0 radical (unpaired) electrons. The summed E-state index contributed by atoms with van der Waals surface area (Å²) in [6.45, 7) is 0.379. The Hall–Kier alpha value is -2.36. The number of halogens is 1. The number of nitrogens with one attached hydrogen (secondary N) is 2. The molecular formula is C20H19FN2O3S3. The summed E-state index contributed by atoms with van der Waals surface area (Å²) in [6, 6.07) is 16.2. The van der Waals surface area contributed by atoms with Gasteiger partial charge in [-0.1, -0.05) is 36.4 Å². The summed E-state index contributed by atoms with van der Waals surface area (Å²) in [5.41, 5.74) is 1.08. The highest BCUT2D eigenvalue weighted by Gasteiger charge is 2.19. The summed E-state index contributed by atoms with van der Waals surface area (Å²) in [5, 5.41) is 4.45. The third-order valence-corrected chi connectivity index (χ3v) is 7.69.